The van der Waals surface area contributed by atoms with E-state index in [0.29, 0.717) is 6.42 Å². The highest BCUT2D eigenvalue weighted by molar-refractivity contribution is 5.65. The Morgan fingerprint density at radius 3 is 2.40 bits per heavy atom. The van der Waals surface area contributed by atoms with Crippen LogP contribution in [-0.2, 0) is 17.6 Å². The van der Waals surface area contributed by atoms with Crippen molar-refractivity contribution in [1.29, 1.82) is 0 Å². The van der Waals surface area contributed by atoms with Gasteiger partial charge in [0.1, 0.15) is 6.29 Å². The highest BCUT2D eigenvalue weighted by Crippen LogP contribution is 2.24. The van der Waals surface area contributed by atoms with Crippen LogP contribution in [0.25, 0.3) is 0 Å². The Hall–Kier alpha value is -1.31. The molecule has 0 saturated heterocycles. The van der Waals surface area contributed by atoms with Gasteiger partial charge in [-0.1, -0.05) is 13.0 Å². The molecule has 0 aliphatic heterocycles. The molecule has 0 fully saturated rings. The molecule has 0 heterocycles. The molecular formula is C13H19NO. The number of carbonyl (C=O) groups excluding carboxylic acids is 1. The summed E-state index contributed by atoms with van der Waals surface area (Å²) >= 11 is 0. The molecule has 0 spiro atoms. The molecule has 1 aromatic carbocycles. The Bertz CT molecular complexity index is 356. The fraction of sp³-hybridized carbons (Fsp3) is 0.462. The molecule has 82 valence electrons. The van der Waals surface area contributed by atoms with Crippen molar-refractivity contribution < 1.29 is 4.79 Å². The third-order valence-electron chi connectivity index (χ3n) is 2.70. The first-order valence-corrected chi connectivity index (χ1v) is 5.33. The predicted octanol–water partition coefficient (Wildman–Crippen LogP) is 2.36. The second kappa shape index (κ2) is 4.96. The van der Waals surface area contributed by atoms with E-state index in [-0.39, 0.29) is 0 Å². The summed E-state index contributed by atoms with van der Waals surface area (Å²) in [6.45, 7) is 4.26. The molecule has 0 amide bonds. The molecule has 0 atom stereocenters. The fourth-order valence-corrected chi connectivity index (χ4v) is 1.85. The normalized spacial score (nSPS) is 10.1. The Kier molecular flexibility index (Phi) is 3.89. The smallest absolute Gasteiger partial charge is 0.124 e. The van der Waals surface area contributed by atoms with Gasteiger partial charge in [0.15, 0.2) is 0 Å². The predicted molar refractivity (Wildman–Crippen MR) is 64.7 cm³/mol. The van der Waals surface area contributed by atoms with Crippen LogP contribution in [0.2, 0.25) is 0 Å². The Morgan fingerprint density at radius 1 is 1.27 bits per heavy atom. The molecule has 2 heteroatoms. The number of aldehydes is 1. The van der Waals surface area contributed by atoms with Gasteiger partial charge in [-0.05, 0) is 36.1 Å². The highest BCUT2D eigenvalue weighted by Gasteiger charge is 2.07. The second-order valence-electron chi connectivity index (χ2n) is 4.03. The number of hydrogen-bond acceptors (Lipinski definition) is 2. The van der Waals surface area contributed by atoms with E-state index in [9.17, 15) is 4.79 Å². The summed E-state index contributed by atoms with van der Waals surface area (Å²) in [6.07, 6.45) is 2.50. The lowest BCUT2D eigenvalue weighted by Crippen LogP contribution is -2.12. The monoisotopic (exact) mass is 205 g/mol. The van der Waals surface area contributed by atoms with E-state index in [2.05, 4.69) is 30.9 Å². The van der Waals surface area contributed by atoms with Crippen LogP contribution < -0.4 is 4.90 Å². The van der Waals surface area contributed by atoms with Crippen molar-refractivity contribution in [2.75, 3.05) is 19.0 Å². The minimum absolute atomic E-state index is 0.498. The summed E-state index contributed by atoms with van der Waals surface area (Å²) in [5.41, 5.74) is 4.91. The summed E-state index contributed by atoms with van der Waals surface area (Å²) in [7, 11) is 4.02. The summed E-state index contributed by atoms with van der Waals surface area (Å²) < 4.78 is 0. The van der Waals surface area contributed by atoms with Crippen molar-refractivity contribution in [2.24, 2.45) is 0 Å². The van der Waals surface area contributed by atoms with Gasteiger partial charge in [-0.3, -0.25) is 0 Å². The Balaban J connectivity index is 3.25. The third-order valence-corrected chi connectivity index (χ3v) is 2.70. The number of anilines is 1. The Labute approximate surface area is 91.9 Å². The first kappa shape index (κ1) is 11.8. The van der Waals surface area contributed by atoms with E-state index in [4.69, 9.17) is 0 Å². The number of rotatable bonds is 4. The van der Waals surface area contributed by atoms with Crippen molar-refractivity contribution in [2.45, 2.75) is 26.7 Å². The van der Waals surface area contributed by atoms with Crippen LogP contribution in [-0.4, -0.2) is 20.4 Å². The molecule has 1 aromatic rings. The molecular weight excluding hydrogens is 186 g/mol. The molecule has 0 radical (unpaired) electrons. The van der Waals surface area contributed by atoms with E-state index in [1.54, 1.807) is 0 Å². The van der Waals surface area contributed by atoms with Crippen LogP contribution in [0.5, 0.6) is 0 Å². The van der Waals surface area contributed by atoms with Gasteiger partial charge in [0.05, 0.1) is 0 Å². The maximum atomic E-state index is 10.6. The van der Waals surface area contributed by atoms with E-state index < -0.39 is 0 Å². The van der Waals surface area contributed by atoms with Gasteiger partial charge in [-0.15, -0.1) is 0 Å². The summed E-state index contributed by atoms with van der Waals surface area (Å²) in [6, 6.07) is 4.32. The average Bonchev–Trinajstić information content (AvgIpc) is 2.18. The molecule has 0 aliphatic rings. The SMILES string of the molecule is CCc1cc(N(C)C)c(CC=O)cc1C. The molecule has 0 aromatic heterocycles. The topological polar surface area (TPSA) is 20.3 Å². The lowest BCUT2D eigenvalue weighted by molar-refractivity contribution is -0.107. The number of nitrogens with zero attached hydrogens (tertiary/aromatic N) is 1. The van der Waals surface area contributed by atoms with Crippen LogP contribution in [0.3, 0.4) is 0 Å². The fourth-order valence-electron chi connectivity index (χ4n) is 1.85. The van der Waals surface area contributed by atoms with Gasteiger partial charge in [-0.2, -0.15) is 0 Å². The number of hydrogen-bond donors (Lipinski definition) is 0. The highest BCUT2D eigenvalue weighted by atomic mass is 16.1. The molecule has 0 unspecified atom stereocenters. The zero-order valence-electron chi connectivity index (χ0n) is 10.0. The maximum Gasteiger partial charge on any atom is 0.124 e. The van der Waals surface area contributed by atoms with E-state index >= 15 is 0 Å². The molecule has 2 nitrogen and oxygen atoms in total. The Morgan fingerprint density at radius 2 is 1.93 bits per heavy atom. The summed E-state index contributed by atoms with van der Waals surface area (Å²) in [5.74, 6) is 0. The molecule has 15 heavy (non-hydrogen) atoms. The summed E-state index contributed by atoms with van der Waals surface area (Å²) in [4.78, 5) is 12.7. The van der Waals surface area contributed by atoms with Crippen molar-refractivity contribution >= 4 is 12.0 Å². The van der Waals surface area contributed by atoms with E-state index in [1.807, 2.05) is 14.1 Å². The van der Waals surface area contributed by atoms with Gasteiger partial charge in [-0.25, -0.2) is 0 Å². The maximum absolute atomic E-state index is 10.6. The van der Waals surface area contributed by atoms with Crippen LogP contribution in [0, 0.1) is 6.92 Å². The largest absolute Gasteiger partial charge is 0.377 e. The average molecular weight is 205 g/mol. The van der Waals surface area contributed by atoms with E-state index in [0.717, 1.165) is 24.0 Å². The van der Waals surface area contributed by atoms with Gasteiger partial charge in [0.25, 0.3) is 0 Å². The molecule has 0 aliphatic carbocycles. The second-order valence-corrected chi connectivity index (χ2v) is 4.03. The van der Waals surface area contributed by atoms with Crippen LogP contribution >= 0.6 is 0 Å². The number of aryl methyl sites for hydroxylation is 2. The van der Waals surface area contributed by atoms with Crippen molar-refractivity contribution in [3.63, 3.8) is 0 Å². The quantitative estimate of drug-likeness (QED) is 0.703. The number of benzene rings is 1. The zero-order chi connectivity index (χ0) is 11.4. The minimum Gasteiger partial charge on any atom is -0.377 e. The van der Waals surface area contributed by atoms with Crippen molar-refractivity contribution in [3.05, 3.63) is 28.8 Å². The number of carbonyl (C=O) groups is 1. The lowest BCUT2D eigenvalue weighted by Gasteiger charge is -2.19. The van der Waals surface area contributed by atoms with Crippen LogP contribution in [0.15, 0.2) is 12.1 Å². The summed E-state index contributed by atoms with van der Waals surface area (Å²) in [5, 5.41) is 0. The molecule has 1 rings (SSSR count). The molecule has 0 N–H and O–H groups in total. The van der Waals surface area contributed by atoms with E-state index in [1.165, 1.54) is 11.1 Å². The first-order chi connectivity index (χ1) is 7.10. The zero-order valence-corrected chi connectivity index (χ0v) is 10.0. The van der Waals surface area contributed by atoms with Crippen molar-refractivity contribution in [1.82, 2.24) is 0 Å². The minimum atomic E-state index is 0.498. The molecule has 0 bridgehead atoms. The van der Waals surface area contributed by atoms with Gasteiger partial charge < -0.3 is 9.69 Å². The van der Waals surface area contributed by atoms with Gasteiger partial charge in [0.2, 0.25) is 0 Å². The molecule has 0 saturated carbocycles. The lowest BCUT2D eigenvalue weighted by atomic mass is 9.99. The van der Waals surface area contributed by atoms with Crippen LogP contribution in [0.4, 0.5) is 5.69 Å². The van der Waals surface area contributed by atoms with Gasteiger partial charge >= 0.3 is 0 Å². The van der Waals surface area contributed by atoms with Gasteiger partial charge in [0, 0.05) is 26.2 Å². The third kappa shape index (κ3) is 2.58. The van der Waals surface area contributed by atoms with Crippen LogP contribution in [0.1, 0.15) is 23.6 Å². The first-order valence-electron chi connectivity index (χ1n) is 5.33. The van der Waals surface area contributed by atoms with Crippen molar-refractivity contribution in [3.8, 4) is 0 Å². The standard InChI is InChI=1S/C13H19NO/c1-5-11-9-13(14(3)4)12(6-7-15)8-10(11)2/h7-9H,5-6H2,1-4H3.